The van der Waals surface area contributed by atoms with E-state index in [0.717, 1.165) is 11.4 Å². The minimum atomic E-state index is -0.552. The zero-order chi connectivity index (χ0) is 17.5. The van der Waals surface area contributed by atoms with E-state index in [1.165, 1.54) is 0 Å². The standard InChI is InChI=1S/C19H20N4O2/c1-15(25-16-7-3-2-4-8-16)19(24)21-12-14-23-13-10-18(22-23)17-9-5-6-11-20-17/h2-11,13,15H,12,14H2,1H3,(H,21,24). The Balaban J connectivity index is 1.46. The number of carbonyl (C=O) groups excluding carboxylic acids is 1. The van der Waals surface area contributed by atoms with Crippen LogP contribution in [0.1, 0.15) is 6.92 Å². The van der Waals surface area contributed by atoms with Crippen molar-refractivity contribution in [1.82, 2.24) is 20.1 Å². The molecule has 2 heterocycles. The summed E-state index contributed by atoms with van der Waals surface area (Å²) in [6.45, 7) is 2.79. The lowest BCUT2D eigenvalue weighted by Crippen LogP contribution is -2.37. The van der Waals surface area contributed by atoms with Gasteiger partial charge in [0.1, 0.15) is 11.4 Å². The number of ether oxygens (including phenoxy) is 1. The first kappa shape index (κ1) is 16.7. The van der Waals surface area contributed by atoms with Gasteiger partial charge in [-0.3, -0.25) is 14.5 Å². The first-order valence-electron chi connectivity index (χ1n) is 8.16. The molecule has 0 bridgehead atoms. The SMILES string of the molecule is CC(Oc1ccccc1)C(=O)NCCn1ccc(-c2ccccn2)n1. The number of nitrogens with one attached hydrogen (secondary N) is 1. The Morgan fingerprint density at radius 3 is 2.68 bits per heavy atom. The third-order valence-electron chi connectivity index (χ3n) is 3.63. The molecule has 6 nitrogen and oxygen atoms in total. The van der Waals surface area contributed by atoms with Gasteiger partial charge in [0.2, 0.25) is 0 Å². The fourth-order valence-electron chi connectivity index (χ4n) is 2.33. The third-order valence-corrected chi connectivity index (χ3v) is 3.63. The van der Waals surface area contributed by atoms with Gasteiger partial charge < -0.3 is 10.1 Å². The van der Waals surface area contributed by atoms with E-state index in [4.69, 9.17) is 4.74 Å². The fourth-order valence-corrected chi connectivity index (χ4v) is 2.33. The van der Waals surface area contributed by atoms with Crippen LogP contribution in [-0.4, -0.2) is 33.3 Å². The molecule has 0 spiro atoms. The smallest absolute Gasteiger partial charge is 0.260 e. The van der Waals surface area contributed by atoms with Crippen LogP contribution >= 0.6 is 0 Å². The number of rotatable bonds is 7. The van der Waals surface area contributed by atoms with E-state index in [-0.39, 0.29) is 5.91 Å². The Morgan fingerprint density at radius 1 is 1.12 bits per heavy atom. The van der Waals surface area contributed by atoms with Gasteiger partial charge in [0.25, 0.3) is 5.91 Å². The largest absolute Gasteiger partial charge is 0.481 e. The van der Waals surface area contributed by atoms with Crippen molar-refractivity contribution in [3.8, 4) is 17.1 Å². The molecule has 0 fully saturated rings. The van der Waals surface area contributed by atoms with Crippen LogP contribution in [0.15, 0.2) is 67.0 Å². The third kappa shape index (κ3) is 4.67. The zero-order valence-electron chi connectivity index (χ0n) is 14.0. The molecule has 0 aliphatic heterocycles. The highest BCUT2D eigenvalue weighted by Gasteiger charge is 2.13. The predicted octanol–water partition coefficient (Wildman–Crippen LogP) is 2.53. The quantitative estimate of drug-likeness (QED) is 0.720. The molecule has 2 aromatic heterocycles. The van der Waals surface area contributed by atoms with E-state index in [2.05, 4.69) is 15.4 Å². The summed E-state index contributed by atoms with van der Waals surface area (Å²) in [5.74, 6) is 0.526. The van der Waals surface area contributed by atoms with Gasteiger partial charge in [-0.1, -0.05) is 24.3 Å². The number of hydrogen-bond donors (Lipinski definition) is 1. The molecule has 0 aliphatic rings. The van der Waals surface area contributed by atoms with Gasteiger partial charge in [-0.05, 0) is 37.3 Å². The second-order valence-corrected chi connectivity index (χ2v) is 5.54. The maximum atomic E-state index is 12.1. The average Bonchev–Trinajstić information content (AvgIpc) is 3.12. The number of para-hydroxylation sites is 1. The van der Waals surface area contributed by atoms with Crippen LogP contribution in [0.2, 0.25) is 0 Å². The predicted molar refractivity (Wildman–Crippen MR) is 95.0 cm³/mol. The molecule has 1 N–H and O–H groups in total. The number of amides is 1. The summed E-state index contributed by atoms with van der Waals surface area (Å²) in [5, 5.41) is 7.32. The number of benzene rings is 1. The lowest BCUT2D eigenvalue weighted by atomic mass is 10.3. The Kier molecular flexibility index (Phi) is 5.41. The van der Waals surface area contributed by atoms with Gasteiger partial charge in [0.15, 0.2) is 6.10 Å². The number of nitrogens with zero attached hydrogens (tertiary/aromatic N) is 3. The lowest BCUT2D eigenvalue weighted by Gasteiger charge is -2.14. The molecular formula is C19H20N4O2. The zero-order valence-corrected chi connectivity index (χ0v) is 14.0. The summed E-state index contributed by atoms with van der Waals surface area (Å²) >= 11 is 0. The van der Waals surface area contributed by atoms with E-state index >= 15 is 0 Å². The van der Waals surface area contributed by atoms with Crippen molar-refractivity contribution in [2.24, 2.45) is 0 Å². The van der Waals surface area contributed by atoms with Crippen LogP contribution in [0, 0.1) is 0 Å². The van der Waals surface area contributed by atoms with E-state index < -0.39 is 6.10 Å². The second kappa shape index (κ2) is 8.10. The molecule has 128 valence electrons. The molecule has 1 atom stereocenters. The van der Waals surface area contributed by atoms with Crippen molar-refractivity contribution >= 4 is 5.91 Å². The van der Waals surface area contributed by atoms with Crippen LogP contribution in [-0.2, 0) is 11.3 Å². The van der Waals surface area contributed by atoms with Gasteiger partial charge >= 0.3 is 0 Å². The van der Waals surface area contributed by atoms with Crippen molar-refractivity contribution in [3.63, 3.8) is 0 Å². The molecule has 0 aliphatic carbocycles. The Labute approximate surface area is 146 Å². The maximum absolute atomic E-state index is 12.1. The van der Waals surface area contributed by atoms with Crippen molar-refractivity contribution in [3.05, 3.63) is 67.0 Å². The van der Waals surface area contributed by atoms with Crippen molar-refractivity contribution < 1.29 is 9.53 Å². The molecule has 1 aromatic carbocycles. The molecule has 0 radical (unpaired) electrons. The molecule has 1 amide bonds. The molecule has 6 heteroatoms. The highest BCUT2D eigenvalue weighted by atomic mass is 16.5. The summed E-state index contributed by atoms with van der Waals surface area (Å²) < 4.78 is 7.38. The summed E-state index contributed by atoms with van der Waals surface area (Å²) in [7, 11) is 0. The summed E-state index contributed by atoms with van der Waals surface area (Å²) in [6, 6.07) is 16.9. The number of carbonyl (C=O) groups is 1. The summed E-state index contributed by atoms with van der Waals surface area (Å²) in [5.41, 5.74) is 1.64. The molecule has 3 aromatic rings. The topological polar surface area (TPSA) is 69.0 Å². The Morgan fingerprint density at radius 2 is 1.92 bits per heavy atom. The number of aromatic nitrogens is 3. The maximum Gasteiger partial charge on any atom is 0.260 e. The van der Waals surface area contributed by atoms with Gasteiger partial charge in [0.05, 0.1) is 12.2 Å². The van der Waals surface area contributed by atoms with Crippen LogP contribution in [0.3, 0.4) is 0 Å². The van der Waals surface area contributed by atoms with Gasteiger partial charge in [-0.25, -0.2) is 0 Å². The van der Waals surface area contributed by atoms with Crippen LogP contribution in [0.5, 0.6) is 5.75 Å². The first-order valence-corrected chi connectivity index (χ1v) is 8.16. The fraction of sp³-hybridized carbons (Fsp3) is 0.211. The van der Waals surface area contributed by atoms with Crippen molar-refractivity contribution in [1.29, 1.82) is 0 Å². The van der Waals surface area contributed by atoms with Gasteiger partial charge in [-0.15, -0.1) is 0 Å². The van der Waals surface area contributed by atoms with Crippen LogP contribution < -0.4 is 10.1 Å². The van der Waals surface area contributed by atoms with Crippen molar-refractivity contribution in [2.75, 3.05) is 6.54 Å². The molecule has 0 saturated heterocycles. The molecule has 0 saturated carbocycles. The first-order chi connectivity index (χ1) is 12.2. The van der Waals surface area contributed by atoms with Gasteiger partial charge in [0, 0.05) is 18.9 Å². The second-order valence-electron chi connectivity index (χ2n) is 5.54. The molecule has 25 heavy (non-hydrogen) atoms. The highest BCUT2D eigenvalue weighted by molar-refractivity contribution is 5.80. The van der Waals surface area contributed by atoms with Crippen molar-refractivity contribution in [2.45, 2.75) is 19.6 Å². The lowest BCUT2D eigenvalue weighted by molar-refractivity contribution is -0.127. The molecule has 3 rings (SSSR count). The molecular weight excluding hydrogens is 316 g/mol. The highest BCUT2D eigenvalue weighted by Crippen LogP contribution is 2.13. The molecule has 1 unspecified atom stereocenters. The van der Waals surface area contributed by atoms with E-state index in [1.807, 2.05) is 60.8 Å². The van der Waals surface area contributed by atoms with E-state index in [9.17, 15) is 4.79 Å². The monoisotopic (exact) mass is 336 g/mol. The van der Waals surface area contributed by atoms with Crippen LogP contribution in [0.4, 0.5) is 0 Å². The minimum absolute atomic E-state index is 0.152. The Bertz CT molecular complexity index is 803. The normalized spacial score (nSPS) is 11.7. The summed E-state index contributed by atoms with van der Waals surface area (Å²) in [6.07, 6.45) is 3.06. The van der Waals surface area contributed by atoms with Gasteiger partial charge in [-0.2, -0.15) is 5.10 Å². The number of pyridine rings is 1. The Hall–Kier alpha value is -3.15. The summed E-state index contributed by atoms with van der Waals surface area (Å²) in [4.78, 5) is 16.4. The minimum Gasteiger partial charge on any atom is -0.481 e. The van der Waals surface area contributed by atoms with E-state index in [1.54, 1.807) is 17.8 Å². The van der Waals surface area contributed by atoms with Crippen LogP contribution in [0.25, 0.3) is 11.4 Å². The number of hydrogen-bond acceptors (Lipinski definition) is 4. The average molecular weight is 336 g/mol. The van der Waals surface area contributed by atoms with E-state index in [0.29, 0.717) is 18.8 Å².